The average Bonchev–Trinajstić information content (AvgIpc) is 2.78. The average molecular weight is 497 g/mol. The predicted octanol–water partition coefficient (Wildman–Crippen LogP) is 4.93. The summed E-state index contributed by atoms with van der Waals surface area (Å²) in [5, 5.41) is 17.3. The third-order valence-corrected chi connectivity index (χ3v) is 5.80. The van der Waals surface area contributed by atoms with E-state index < -0.39 is 11.0 Å². The highest BCUT2D eigenvalue weighted by atomic mass is 79.9. The summed E-state index contributed by atoms with van der Waals surface area (Å²) in [5.41, 5.74) is 2.39. The number of likely N-dealkylation sites (N-methyl/N-ethyl adjacent to an activating group) is 1. The van der Waals surface area contributed by atoms with Crippen LogP contribution in [0.25, 0.3) is 0 Å². The quantitative estimate of drug-likeness (QED) is 0.324. The molecule has 0 radical (unpaired) electrons. The van der Waals surface area contributed by atoms with Crippen molar-refractivity contribution in [1.82, 2.24) is 10.2 Å². The molecule has 0 saturated heterocycles. The lowest BCUT2D eigenvalue weighted by molar-refractivity contribution is -0.384. The number of hydrogen-bond acceptors (Lipinski definition) is 5. The van der Waals surface area contributed by atoms with E-state index in [-0.39, 0.29) is 17.6 Å². The number of nitrogens with zero attached hydrogens (tertiary/aromatic N) is 2. The van der Waals surface area contributed by atoms with Crippen LogP contribution in [0.2, 0.25) is 0 Å². The second kappa shape index (κ2) is 11.0. The van der Waals surface area contributed by atoms with Crippen LogP contribution in [0, 0.1) is 10.1 Å². The lowest BCUT2D eigenvalue weighted by atomic mass is 10.0. The first-order chi connectivity index (χ1) is 15.4. The Morgan fingerprint density at radius 2 is 1.59 bits per heavy atom. The van der Waals surface area contributed by atoms with E-state index in [2.05, 4.69) is 43.6 Å². The Balaban J connectivity index is 1.82. The smallest absolute Gasteiger partial charge is 0.270 e. The molecule has 1 amide bonds. The molecule has 0 saturated carbocycles. The van der Waals surface area contributed by atoms with Crippen LogP contribution in [-0.2, 0) is 4.79 Å². The molecule has 166 valence electrons. The van der Waals surface area contributed by atoms with Crippen LogP contribution in [-0.4, -0.2) is 36.4 Å². The summed E-state index contributed by atoms with van der Waals surface area (Å²) in [7, 11) is 4.01. The number of benzene rings is 3. The Hall–Kier alpha value is -3.07. The second-order valence-corrected chi connectivity index (χ2v) is 8.41. The lowest BCUT2D eigenvalue weighted by Gasteiger charge is -2.28. The molecule has 2 unspecified atom stereocenters. The van der Waals surface area contributed by atoms with Crippen LogP contribution < -0.4 is 10.6 Å². The SMILES string of the molecule is CN(C)C(CNC(C(=O)Nc1ccc([N+](=O)[O-])cc1Br)c1ccccc1)c1ccccc1. The molecule has 0 heterocycles. The Labute approximate surface area is 195 Å². The van der Waals surface area contributed by atoms with Crippen molar-refractivity contribution in [3.05, 3.63) is 105 Å². The third kappa shape index (κ3) is 6.00. The van der Waals surface area contributed by atoms with Crippen LogP contribution in [0.3, 0.4) is 0 Å². The number of anilines is 1. The number of carbonyl (C=O) groups excluding carboxylic acids is 1. The van der Waals surface area contributed by atoms with Crippen LogP contribution in [0.15, 0.2) is 83.3 Å². The monoisotopic (exact) mass is 496 g/mol. The molecule has 0 fully saturated rings. The van der Waals surface area contributed by atoms with Crippen molar-refractivity contribution in [3.8, 4) is 0 Å². The summed E-state index contributed by atoms with van der Waals surface area (Å²) < 4.78 is 0.447. The fraction of sp³-hybridized carbons (Fsp3) is 0.208. The minimum absolute atomic E-state index is 0.0516. The summed E-state index contributed by atoms with van der Waals surface area (Å²) in [6.45, 7) is 0.547. The zero-order valence-electron chi connectivity index (χ0n) is 17.9. The highest BCUT2D eigenvalue weighted by Gasteiger charge is 2.24. The van der Waals surface area contributed by atoms with Gasteiger partial charge >= 0.3 is 0 Å². The van der Waals surface area contributed by atoms with Gasteiger partial charge in [-0.3, -0.25) is 14.9 Å². The zero-order valence-corrected chi connectivity index (χ0v) is 19.5. The van der Waals surface area contributed by atoms with E-state index in [0.29, 0.717) is 16.7 Å². The second-order valence-electron chi connectivity index (χ2n) is 7.55. The molecule has 3 aromatic carbocycles. The Kier molecular flexibility index (Phi) is 8.10. The molecule has 2 atom stereocenters. The van der Waals surface area contributed by atoms with E-state index in [9.17, 15) is 14.9 Å². The van der Waals surface area contributed by atoms with Crippen molar-refractivity contribution >= 4 is 33.2 Å². The minimum Gasteiger partial charge on any atom is -0.323 e. The van der Waals surface area contributed by atoms with Gasteiger partial charge < -0.3 is 15.5 Å². The molecule has 7 nitrogen and oxygen atoms in total. The van der Waals surface area contributed by atoms with Crippen LogP contribution >= 0.6 is 15.9 Å². The first-order valence-electron chi connectivity index (χ1n) is 10.1. The molecule has 0 aliphatic heterocycles. The van der Waals surface area contributed by atoms with Gasteiger partial charge in [0.15, 0.2) is 0 Å². The molecule has 0 spiro atoms. The van der Waals surface area contributed by atoms with Gasteiger partial charge in [-0.15, -0.1) is 0 Å². The summed E-state index contributed by atoms with van der Waals surface area (Å²) in [4.78, 5) is 25.9. The van der Waals surface area contributed by atoms with Gasteiger partial charge in [-0.05, 0) is 47.2 Å². The first-order valence-corrected chi connectivity index (χ1v) is 10.9. The predicted molar refractivity (Wildman–Crippen MR) is 129 cm³/mol. The lowest BCUT2D eigenvalue weighted by Crippen LogP contribution is -2.38. The molecule has 0 aliphatic carbocycles. The highest BCUT2D eigenvalue weighted by molar-refractivity contribution is 9.10. The molecule has 32 heavy (non-hydrogen) atoms. The number of hydrogen-bond donors (Lipinski definition) is 2. The number of nitro benzene ring substituents is 1. The van der Waals surface area contributed by atoms with Crippen LogP contribution in [0.5, 0.6) is 0 Å². The van der Waals surface area contributed by atoms with E-state index in [1.807, 2.05) is 62.6 Å². The number of nitrogens with one attached hydrogen (secondary N) is 2. The van der Waals surface area contributed by atoms with Gasteiger partial charge in [-0.1, -0.05) is 60.7 Å². The van der Waals surface area contributed by atoms with Crippen LogP contribution in [0.4, 0.5) is 11.4 Å². The molecule has 3 rings (SSSR count). The topological polar surface area (TPSA) is 87.5 Å². The largest absolute Gasteiger partial charge is 0.323 e. The molecule has 0 bridgehead atoms. The van der Waals surface area contributed by atoms with E-state index in [1.54, 1.807) is 0 Å². The third-order valence-electron chi connectivity index (χ3n) is 5.14. The maximum Gasteiger partial charge on any atom is 0.270 e. The van der Waals surface area contributed by atoms with Gasteiger partial charge in [0, 0.05) is 29.2 Å². The molecular weight excluding hydrogens is 472 g/mol. The van der Waals surface area contributed by atoms with Gasteiger partial charge in [-0.25, -0.2) is 0 Å². The molecule has 0 aromatic heterocycles. The molecule has 2 N–H and O–H groups in total. The van der Waals surface area contributed by atoms with Crippen molar-refractivity contribution in [2.75, 3.05) is 26.0 Å². The Bertz CT molecular complexity index is 1060. The van der Waals surface area contributed by atoms with Crippen molar-refractivity contribution in [2.24, 2.45) is 0 Å². The van der Waals surface area contributed by atoms with Gasteiger partial charge in [0.2, 0.25) is 5.91 Å². The van der Waals surface area contributed by atoms with E-state index in [0.717, 1.165) is 11.1 Å². The first kappa shape index (κ1) is 23.6. The van der Waals surface area contributed by atoms with Crippen LogP contribution in [0.1, 0.15) is 23.2 Å². The number of rotatable bonds is 9. The van der Waals surface area contributed by atoms with Crippen molar-refractivity contribution in [3.63, 3.8) is 0 Å². The number of carbonyl (C=O) groups is 1. The zero-order chi connectivity index (χ0) is 23.1. The maximum atomic E-state index is 13.3. The van der Waals surface area contributed by atoms with Gasteiger partial charge in [0.25, 0.3) is 5.69 Å². The molecular formula is C24H25BrN4O3. The van der Waals surface area contributed by atoms with Crippen molar-refractivity contribution in [2.45, 2.75) is 12.1 Å². The van der Waals surface area contributed by atoms with Crippen molar-refractivity contribution in [1.29, 1.82) is 0 Å². The molecule has 3 aromatic rings. The fourth-order valence-electron chi connectivity index (χ4n) is 3.43. The van der Waals surface area contributed by atoms with E-state index in [1.165, 1.54) is 18.2 Å². The number of nitro groups is 1. The van der Waals surface area contributed by atoms with Crippen molar-refractivity contribution < 1.29 is 9.72 Å². The molecule has 0 aliphatic rings. The summed E-state index contributed by atoms with van der Waals surface area (Å²) in [5.74, 6) is -0.253. The highest BCUT2D eigenvalue weighted by Crippen LogP contribution is 2.28. The maximum absolute atomic E-state index is 13.3. The standard InChI is InChI=1S/C24H25BrN4O3/c1-28(2)22(17-9-5-3-6-10-17)16-26-23(18-11-7-4-8-12-18)24(30)27-21-14-13-19(29(31)32)15-20(21)25/h3-15,22-23,26H,16H2,1-2H3,(H,27,30). The summed E-state index contributed by atoms with van der Waals surface area (Å²) in [6, 6.07) is 23.3. The summed E-state index contributed by atoms with van der Waals surface area (Å²) in [6.07, 6.45) is 0. The number of amides is 1. The van der Waals surface area contributed by atoms with Gasteiger partial charge in [0.1, 0.15) is 6.04 Å². The number of halogens is 1. The van der Waals surface area contributed by atoms with Gasteiger partial charge in [0.05, 0.1) is 10.6 Å². The fourth-order valence-corrected chi connectivity index (χ4v) is 3.90. The minimum atomic E-state index is -0.607. The van der Waals surface area contributed by atoms with Gasteiger partial charge in [-0.2, -0.15) is 0 Å². The Morgan fingerprint density at radius 1 is 1.00 bits per heavy atom. The normalized spacial score (nSPS) is 12.9. The Morgan fingerprint density at radius 3 is 2.12 bits per heavy atom. The van der Waals surface area contributed by atoms with E-state index in [4.69, 9.17) is 0 Å². The summed E-state index contributed by atoms with van der Waals surface area (Å²) >= 11 is 3.31. The number of non-ortho nitro benzene ring substituents is 1. The molecule has 8 heteroatoms. The van der Waals surface area contributed by atoms with E-state index >= 15 is 0 Å².